The molecule has 0 bridgehead atoms. The zero-order valence-corrected chi connectivity index (χ0v) is 22.8. The van der Waals surface area contributed by atoms with Crippen LogP contribution in [0.2, 0.25) is 0 Å². The summed E-state index contributed by atoms with van der Waals surface area (Å²) in [5, 5.41) is 14.1. The first-order chi connectivity index (χ1) is 16.5. The molecule has 2 aliphatic rings. The molecular weight excluding hydrogens is 558 g/mol. The summed E-state index contributed by atoms with van der Waals surface area (Å²) in [7, 11) is -3.82. The molecule has 0 aliphatic carbocycles. The second-order valence-corrected chi connectivity index (χ2v) is 13.3. The summed E-state index contributed by atoms with van der Waals surface area (Å²) >= 11 is 4.65. The van der Waals surface area contributed by atoms with Crippen molar-refractivity contribution >= 4 is 59.8 Å². The van der Waals surface area contributed by atoms with Gasteiger partial charge in [0.1, 0.15) is 0 Å². The molecule has 2 aromatic heterocycles. The van der Waals surface area contributed by atoms with Crippen LogP contribution in [0, 0.1) is 5.92 Å². The van der Waals surface area contributed by atoms with E-state index in [-0.39, 0.29) is 16.7 Å². The van der Waals surface area contributed by atoms with Gasteiger partial charge in [0.25, 0.3) is 0 Å². The topological polar surface area (TPSA) is 123 Å². The van der Waals surface area contributed by atoms with Crippen molar-refractivity contribution in [2.45, 2.75) is 31.2 Å². The van der Waals surface area contributed by atoms with Crippen LogP contribution in [0.25, 0.3) is 16.0 Å². The minimum absolute atomic E-state index is 0.0610. The van der Waals surface area contributed by atoms with Gasteiger partial charge in [-0.15, -0.1) is 10.2 Å². The fourth-order valence-electron chi connectivity index (χ4n) is 4.27. The number of hydrogen-bond acceptors (Lipinski definition) is 9. The first kappa shape index (κ1) is 24.6. The number of anilines is 1. The number of nitrogens with zero attached hydrogens (tertiary/aromatic N) is 6. The summed E-state index contributed by atoms with van der Waals surface area (Å²) in [6.45, 7) is 8.58. The Hall–Kier alpha value is -2.13. The van der Waals surface area contributed by atoms with E-state index in [0.717, 1.165) is 11.1 Å². The van der Waals surface area contributed by atoms with E-state index in [9.17, 15) is 13.2 Å². The molecule has 0 saturated carbocycles. The van der Waals surface area contributed by atoms with Gasteiger partial charge in [0.2, 0.25) is 21.1 Å². The SMILES string of the molecule is CC(C)C(=O)N1CCN(c2cc(S(=O)(=O)NC3(C)COC3)cc3nn(-c4nnc(Br)s4)cc23)CC1. The lowest BCUT2D eigenvalue weighted by Gasteiger charge is -2.38. The Morgan fingerprint density at radius 2 is 1.91 bits per heavy atom. The highest BCUT2D eigenvalue weighted by molar-refractivity contribution is 9.11. The Kier molecular flexibility index (Phi) is 6.36. The summed E-state index contributed by atoms with van der Waals surface area (Å²) in [5.41, 5.74) is 0.656. The van der Waals surface area contributed by atoms with Gasteiger partial charge in [0.15, 0.2) is 3.92 Å². The lowest BCUT2D eigenvalue weighted by atomic mass is 10.0. The van der Waals surface area contributed by atoms with Crippen LogP contribution in [0.15, 0.2) is 27.1 Å². The minimum atomic E-state index is -3.82. The van der Waals surface area contributed by atoms with E-state index in [4.69, 9.17) is 4.74 Å². The smallest absolute Gasteiger partial charge is 0.241 e. The molecule has 11 nitrogen and oxygen atoms in total. The fourth-order valence-corrected chi connectivity index (χ4v) is 6.70. The van der Waals surface area contributed by atoms with Crippen LogP contribution in [-0.2, 0) is 19.6 Å². The molecule has 3 aromatic rings. The number of carbonyl (C=O) groups is 1. The maximum Gasteiger partial charge on any atom is 0.241 e. The van der Waals surface area contributed by atoms with Crippen LogP contribution in [0.3, 0.4) is 0 Å². The number of piperazine rings is 1. The van der Waals surface area contributed by atoms with E-state index in [1.54, 1.807) is 16.8 Å². The molecule has 2 saturated heterocycles. The maximum atomic E-state index is 13.3. The van der Waals surface area contributed by atoms with Gasteiger partial charge < -0.3 is 14.5 Å². The predicted octanol–water partition coefficient (Wildman–Crippen LogP) is 2.01. The molecule has 0 radical (unpaired) electrons. The van der Waals surface area contributed by atoms with Crippen LogP contribution in [0.4, 0.5) is 5.69 Å². The number of fused-ring (bicyclic) bond motifs is 1. The minimum Gasteiger partial charge on any atom is -0.377 e. The number of rotatable bonds is 6. The number of halogens is 1. The standard InChI is InChI=1S/C21H26BrN7O4S2/c1-13(2)18(30)28-6-4-27(5-7-28)17-9-14(35(31,32)26-21(3)11-33-12-21)8-16-15(17)10-29(25-16)20-24-23-19(22)34-20/h8-10,13,26H,4-7,11-12H2,1-3H3. The molecule has 0 spiro atoms. The van der Waals surface area contributed by atoms with Crippen molar-refractivity contribution in [3.63, 3.8) is 0 Å². The van der Waals surface area contributed by atoms with Crippen LogP contribution in [0.1, 0.15) is 20.8 Å². The van der Waals surface area contributed by atoms with Crippen molar-refractivity contribution in [2.75, 3.05) is 44.3 Å². The van der Waals surface area contributed by atoms with Crippen molar-refractivity contribution in [3.05, 3.63) is 22.2 Å². The third-order valence-electron chi connectivity index (χ3n) is 6.12. The number of aromatic nitrogens is 4. The van der Waals surface area contributed by atoms with E-state index in [1.807, 2.05) is 31.9 Å². The highest BCUT2D eigenvalue weighted by Crippen LogP contribution is 2.33. The Morgan fingerprint density at radius 3 is 2.49 bits per heavy atom. The molecule has 1 N–H and O–H groups in total. The Labute approximate surface area is 215 Å². The number of ether oxygens (including phenoxy) is 1. The van der Waals surface area contributed by atoms with Gasteiger partial charge in [0, 0.05) is 49.4 Å². The molecule has 14 heteroatoms. The van der Waals surface area contributed by atoms with Gasteiger partial charge in [-0.05, 0) is 35.0 Å². The van der Waals surface area contributed by atoms with Gasteiger partial charge in [-0.2, -0.15) is 5.10 Å². The Balaban J connectivity index is 1.54. The molecule has 0 atom stereocenters. The van der Waals surface area contributed by atoms with E-state index in [0.29, 0.717) is 54.0 Å². The van der Waals surface area contributed by atoms with Crippen molar-refractivity contribution in [2.24, 2.45) is 5.92 Å². The normalized spacial score (nSPS) is 18.3. The molecular formula is C21H26BrN7O4S2. The number of nitrogens with one attached hydrogen (secondary N) is 1. The largest absolute Gasteiger partial charge is 0.377 e. The fraction of sp³-hybridized carbons (Fsp3) is 0.524. The van der Waals surface area contributed by atoms with Gasteiger partial charge in [-0.25, -0.2) is 17.8 Å². The van der Waals surface area contributed by atoms with Gasteiger partial charge in [-0.3, -0.25) is 4.79 Å². The highest BCUT2D eigenvalue weighted by Gasteiger charge is 2.38. The molecule has 188 valence electrons. The van der Waals surface area contributed by atoms with Crippen LogP contribution >= 0.6 is 27.3 Å². The highest BCUT2D eigenvalue weighted by atomic mass is 79.9. The van der Waals surface area contributed by atoms with Crippen LogP contribution in [-0.4, -0.2) is 84.1 Å². The quantitative estimate of drug-likeness (QED) is 0.467. The molecule has 1 amide bonds. The third kappa shape index (κ3) is 4.81. The number of amides is 1. The van der Waals surface area contributed by atoms with E-state index in [1.165, 1.54) is 11.3 Å². The van der Waals surface area contributed by atoms with Crippen molar-refractivity contribution < 1.29 is 17.9 Å². The molecule has 0 unspecified atom stereocenters. The zero-order chi connectivity index (χ0) is 25.0. The van der Waals surface area contributed by atoms with Crippen LogP contribution in [0.5, 0.6) is 0 Å². The molecule has 1 aromatic carbocycles. The Morgan fingerprint density at radius 1 is 1.20 bits per heavy atom. The zero-order valence-electron chi connectivity index (χ0n) is 19.6. The van der Waals surface area contributed by atoms with Gasteiger partial charge >= 0.3 is 0 Å². The number of carbonyl (C=O) groups excluding carboxylic acids is 1. The molecule has 5 rings (SSSR count). The summed E-state index contributed by atoms with van der Waals surface area (Å²) in [6, 6.07) is 3.27. The average molecular weight is 585 g/mol. The molecule has 2 fully saturated rings. The van der Waals surface area contributed by atoms with Crippen molar-refractivity contribution in [3.8, 4) is 5.13 Å². The molecule has 4 heterocycles. The molecule has 35 heavy (non-hydrogen) atoms. The number of hydrogen-bond donors (Lipinski definition) is 1. The molecule has 2 aliphatic heterocycles. The average Bonchev–Trinajstić information content (AvgIpc) is 3.42. The van der Waals surface area contributed by atoms with E-state index >= 15 is 0 Å². The first-order valence-electron chi connectivity index (χ1n) is 11.2. The Bertz CT molecular complexity index is 1380. The van der Waals surface area contributed by atoms with E-state index in [2.05, 4.69) is 40.8 Å². The number of benzene rings is 1. The number of sulfonamides is 1. The first-order valence-corrected chi connectivity index (χ1v) is 14.3. The summed E-state index contributed by atoms with van der Waals surface area (Å²) in [5.74, 6) is 0.0649. The second-order valence-electron chi connectivity index (χ2n) is 9.41. The van der Waals surface area contributed by atoms with Gasteiger partial charge in [-0.1, -0.05) is 25.2 Å². The second kappa shape index (κ2) is 9.07. The summed E-state index contributed by atoms with van der Waals surface area (Å²) < 4.78 is 36.9. The monoisotopic (exact) mass is 583 g/mol. The van der Waals surface area contributed by atoms with Crippen molar-refractivity contribution in [1.29, 1.82) is 0 Å². The maximum absolute atomic E-state index is 13.3. The predicted molar refractivity (Wildman–Crippen MR) is 135 cm³/mol. The van der Waals surface area contributed by atoms with Crippen molar-refractivity contribution in [1.82, 2.24) is 29.6 Å². The van der Waals surface area contributed by atoms with Crippen LogP contribution < -0.4 is 9.62 Å². The third-order valence-corrected chi connectivity index (χ3v) is 9.08. The van der Waals surface area contributed by atoms with E-state index < -0.39 is 15.6 Å². The lowest BCUT2D eigenvalue weighted by Crippen LogP contribution is -2.59. The lowest BCUT2D eigenvalue weighted by molar-refractivity contribution is -0.134. The van der Waals surface area contributed by atoms with Gasteiger partial charge in [0.05, 0.1) is 29.2 Å². The summed E-state index contributed by atoms with van der Waals surface area (Å²) in [4.78, 5) is 16.6. The summed E-state index contributed by atoms with van der Waals surface area (Å²) in [6.07, 6.45) is 1.84.